The Morgan fingerprint density at radius 2 is 1.82 bits per heavy atom. The van der Waals surface area contributed by atoms with Crippen LogP contribution < -0.4 is 27.5 Å². The lowest BCUT2D eigenvalue weighted by molar-refractivity contribution is -0.192. The third-order valence-corrected chi connectivity index (χ3v) is 5.96. The van der Waals surface area contributed by atoms with Gasteiger partial charge in [-0.3, -0.25) is 14.3 Å². The molecule has 18 heteroatoms. The number of benzene rings is 1. The van der Waals surface area contributed by atoms with Crippen molar-refractivity contribution in [1.82, 2.24) is 4.98 Å². The molecule has 0 radical (unpaired) electrons. The van der Waals surface area contributed by atoms with Gasteiger partial charge in [0, 0.05) is 10.7 Å². The van der Waals surface area contributed by atoms with Gasteiger partial charge in [0.05, 0.1) is 11.7 Å². The number of aromatic nitrogens is 1. The molecule has 0 aliphatic carbocycles. The van der Waals surface area contributed by atoms with E-state index in [0.29, 0.717) is 11.3 Å². The molecule has 9 N–H and O–H groups in total. The summed E-state index contributed by atoms with van der Waals surface area (Å²) in [6.45, 7) is 1.48. The number of anilines is 1. The largest absolute Gasteiger partial charge is 0.490 e. The summed E-state index contributed by atoms with van der Waals surface area (Å²) in [5.74, 6) is -5.38. The zero-order chi connectivity index (χ0) is 29.3. The summed E-state index contributed by atoms with van der Waals surface area (Å²) in [5.41, 5.74) is 15.6. The molecule has 0 saturated carbocycles. The highest BCUT2D eigenvalue weighted by Crippen LogP contribution is 2.27. The second kappa shape index (κ2) is 13.5. The first kappa shape index (κ1) is 32.0. The summed E-state index contributed by atoms with van der Waals surface area (Å²) >= 11 is 6.04. The molecule has 1 atom stereocenters. The number of oxime groups is 1. The number of carboxylic acid groups (broad SMARTS) is 1. The molecule has 0 spiro atoms. The number of nitrogens with one attached hydrogen (secondary N) is 2. The number of nitrogens with zero attached hydrogens (tertiary/aromatic N) is 1. The van der Waals surface area contributed by atoms with Crippen molar-refractivity contribution in [2.24, 2.45) is 22.4 Å². The van der Waals surface area contributed by atoms with Crippen LogP contribution in [0.3, 0.4) is 0 Å². The number of carbonyl (C=O) groups excluding carboxylic acids is 1. The summed E-state index contributed by atoms with van der Waals surface area (Å²) in [4.78, 5) is 40.9. The highest BCUT2D eigenvalue weighted by molar-refractivity contribution is 7.91. The van der Waals surface area contributed by atoms with E-state index in [1.54, 1.807) is 31.2 Å². The number of carboxylic acids is 1. The van der Waals surface area contributed by atoms with Crippen molar-refractivity contribution in [3.8, 4) is 0 Å². The Morgan fingerprint density at radius 3 is 2.32 bits per heavy atom. The summed E-state index contributed by atoms with van der Waals surface area (Å²) in [5, 5.41) is 10.7. The molecule has 0 saturated heterocycles. The van der Waals surface area contributed by atoms with E-state index >= 15 is 0 Å². The molecule has 1 heterocycles. The number of alkyl halides is 3. The van der Waals surface area contributed by atoms with E-state index in [1.807, 2.05) is 0 Å². The Morgan fingerprint density at radius 1 is 1.24 bits per heavy atom. The molecule has 1 aromatic heterocycles. The summed E-state index contributed by atoms with van der Waals surface area (Å²) in [6, 6.07) is 7.87. The molecule has 1 amide bonds. The Hall–Kier alpha value is -3.99. The fourth-order valence-corrected chi connectivity index (χ4v) is 4.38. The quantitative estimate of drug-likeness (QED) is 0.101. The topological polar surface area (TPSA) is 233 Å². The van der Waals surface area contributed by atoms with Crippen molar-refractivity contribution in [1.29, 1.82) is 0 Å². The highest BCUT2D eigenvalue weighted by Gasteiger charge is 2.38. The first-order valence-corrected chi connectivity index (χ1v) is 12.3. The number of carbonyl (C=O) groups is 2. The number of sulfonamides is 1. The van der Waals surface area contributed by atoms with E-state index in [1.165, 1.54) is 6.07 Å². The van der Waals surface area contributed by atoms with Crippen LogP contribution in [-0.4, -0.2) is 49.1 Å². The van der Waals surface area contributed by atoms with Crippen LogP contribution in [0, 0.1) is 6.92 Å². The van der Waals surface area contributed by atoms with E-state index < -0.39 is 45.3 Å². The third-order valence-electron chi connectivity index (χ3n) is 4.39. The molecule has 210 valence electrons. The second-order valence-corrected chi connectivity index (χ2v) is 9.59. The Bertz CT molecular complexity index is 1350. The van der Waals surface area contributed by atoms with Gasteiger partial charge in [0.15, 0.2) is 0 Å². The lowest BCUT2D eigenvalue weighted by Gasteiger charge is -2.18. The molecule has 0 fully saturated rings. The van der Waals surface area contributed by atoms with Gasteiger partial charge in [0.1, 0.15) is 12.3 Å². The van der Waals surface area contributed by atoms with Gasteiger partial charge in [0.2, 0.25) is 21.9 Å². The van der Waals surface area contributed by atoms with Crippen LogP contribution in [0.15, 0.2) is 40.3 Å². The first-order chi connectivity index (χ1) is 17.4. The average Bonchev–Trinajstić information content (AvgIpc) is 2.76. The maximum Gasteiger partial charge on any atom is 0.490 e. The fourth-order valence-electron chi connectivity index (χ4n) is 2.85. The Balaban J connectivity index is 0.000000905. The van der Waals surface area contributed by atoms with Crippen LogP contribution in [0.4, 0.5) is 18.9 Å². The number of pyridine rings is 1. The van der Waals surface area contributed by atoms with Gasteiger partial charge in [-0.15, -0.1) is 0 Å². The first-order valence-electron chi connectivity index (χ1n) is 10.2. The minimum absolute atomic E-state index is 0.00571. The number of primary amides is 1. The van der Waals surface area contributed by atoms with Gasteiger partial charge >= 0.3 is 12.1 Å². The lowest BCUT2D eigenvalue weighted by Crippen LogP contribution is -2.29. The molecule has 2 aromatic rings. The number of aromatic amines is 1. The summed E-state index contributed by atoms with van der Waals surface area (Å²) < 4.78 is 59.5. The van der Waals surface area contributed by atoms with Crippen molar-refractivity contribution in [3.63, 3.8) is 0 Å². The van der Waals surface area contributed by atoms with Crippen molar-refractivity contribution in [2.45, 2.75) is 31.2 Å². The van der Waals surface area contributed by atoms with Crippen molar-refractivity contribution in [3.05, 3.63) is 62.5 Å². The zero-order valence-electron chi connectivity index (χ0n) is 19.6. The minimum atomic E-state index is -5.08. The molecule has 0 aliphatic rings. The van der Waals surface area contributed by atoms with E-state index in [0.717, 1.165) is 0 Å². The number of halogens is 4. The fraction of sp³-hybridized carbons (Fsp3) is 0.300. The van der Waals surface area contributed by atoms with Gasteiger partial charge < -0.3 is 32.1 Å². The maximum absolute atomic E-state index is 12.7. The second-order valence-electron chi connectivity index (χ2n) is 7.46. The Kier molecular flexibility index (Phi) is 11.4. The highest BCUT2D eigenvalue weighted by atomic mass is 35.5. The van der Waals surface area contributed by atoms with Crippen LogP contribution in [0.5, 0.6) is 0 Å². The molecule has 38 heavy (non-hydrogen) atoms. The van der Waals surface area contributed by atoms with Crippen LogP contribution in [-0.2, 0) is 30.2 Å². The van der Waals surface area contributed by atoms with Crippen molar-refractivity contribution < 1.29 is 41.1 Å². The standard InChI is InChI=1S/C18H23ClN6O5S.C2HF3O2/c1-10-8-13(12(16(20)26)6-7-30-24-18(21)22)15(17(27)23-10)25-31(28,29)9-11-4-2-3-5-14(11)19;3-2(4,5)1(6)7/h2-5,8,12,25H,6-7,9H2,1H3,(H2,20,26)(H,23,27)(H4,21,22,24);(H,6,7). The molecule has 0 aliphatic heterocycles. The third kappa shape index (κ3) is 10.6. The van der Waals surface area contributed by atoms with Gasteiger partial charge in [-0.25, -0.2) is 13.2 Å². The number of aliphatic carboxylic acids is 1. The SMILES string of the molecule is Cc1cc(C(CCON=C(N)N)C(N)=O)c(NS(=O)(=O)Cc2ccccc2Cl)c(=O)[nH]1.O=C(O)C(F)(F)F. The van der Waals surface area contributed by atoms with E-state index in [2.05, 4.69) is 14.9 Å². The average molecular weight is 585 g/mol. The van der Waals surface area contributed by atoms with Crippen molar-refractivity contribution >= 4 is 45.1 Å². The van der Waals surface area contributed by atoms with E-state index in [9.17, 15) is 31.2 Å². The van der Waals surface area contributed by atoms with Gasteiger partial charge in [-0.2, -0.15) is 13.2 Å². The monoisotopic (exact) mass is 584 g/mol. The molecular formula is C20H24ClF3N6O7S. The molecular weight excluding hydrogens is 561 g/mol. The number of nitrogens with two attached hydrogens (primary N) is 3. The van der Waals surface area contributed by atoms with Crippen molar-refractivity contribution in [2.75, 3.05) is 11.3 Å². The lowest BCUT2D eigenvalue weighted by atomic mass is 9.94. The van der Waals surface area contributed by atoms with Gasteiger partial charge in [0.25, 0.3) is 5.56 Å². The van der Waals surface area contributed by atoms with Crippen LogP contribution in [0.2, 0.25) is 5.02 Å². The number of hydrogen-bond donors (Lipinski definition) is 6. The minimum Gasteiger partial charge on any atom is -0.475 e. The molecule has 2 rings (SSSR count). The molecule has 13 nitrogen and oxygen atoms in total. The number of guanidine groups is 1. The van der Waals surface area contributed by atoms with E-state index in [4.69, 9.17) is 43.5 Å². The number of amides is 1. The van der Waals surface area contributed by atoms with Crippen LogP contribution in [0.1, 0.15) is 29.2 Å². The maximum atomic E-state index is 12.7. The molecule has 1 unspecified atom stereocenters. The zero-order valence-corrected chi connectivity index (χ0v) is 21.2. The normalized spacial score (nSPS) is 11.9. The number of H-pyrrole nitrogens is 1. The van der Waals surface area contributed by atoms with Crippen LogP contribution in [0.25, 0.3) is 0 Å². The van der Waals surface area contributed by atoms with Gasteiger partial charge in [-0.1, -0.05) is 29.8 Å². The van der Waals surface area contributed by atoms with Crippen LogP contribution >= 0.6 is 11.6 Å². The Labute approximate surface area is 218 Å². The number of rotatable bonds is 10. The smallest absolute Gasteiger partial charge is 0.475 e. The number of aryl methyl sites for hydroxylation is 1. The predicted octanol–water partition coefficient (Wildman–Crippen LogP) is 1.08. The molecule has 1 aromatic carbocycles. The summed E-state index contributed by atoms with van der Waals surface area (Å²) in [6.07, 6.45) is -5.09. The summed E-state index contributed by atoms with van der Waals surface area (Å²) in [7, 11) is -4.06. The van der Waals surface area contributed by atoms with E-state index in [-0.39, 0.29) is 35.3 Å². The molecule has 0 bridgehead atoms. The predicted molar refractivity (Wildman–Crippen MR) is 132 cm³/mol. The van der Waals surface area contributed by atoms with Gasteiger partial charge in [-0.05, 0) is 41.8 Å². The number of hydrogen-bond acceptors (Lipinski definition) is 7.